The molecular formula is C25H23FN4O3S. The number of halogens is 1. The number of rotatable bonds is 6. The number of carbonyl (C=O) groups is 3. The molecule has 0 bridgehead atoms. The fraction of sp³-hybridized carbons (Fsp3) is 0.160. The van der Waals surface area contributed by atoms with Crippen LogP contribution in [0.25, 0.3) is 0 Å². The third kappa shape index (κ3) is 6.35. The van der Waals surface area contributed by atoms with Gasteiger partial charge in [-0.3, -0.25) is 9.59 Å². The minimum Gasteiger partial charge on any atom is -0.343 e. The average Bonchev–Trinajstić information content (AvgIpc) is 2.82. The van der Waals surface area contributed by atoms with E-state index in [9.17, 15) is 18.8 Å². The number of carbonyl (C=O) groups excluding carboxylic acids is 3. The largest absolute Gasteiger partial charge is 0.343 e. The van der Waals surface area contributed by atoms with E-state index in [-0.39, 0.29) is 22.9 Å². The molecule has 34 heavy (non-hydrogen) atoms. The normalized spacial score (nSPS) is 17.4. The van der Waals surface area contributed by atoms with Gasteiger partial charge >= 0.3 is 6.03 Å². The Hall–Kier alpha value is -3.85. The predicted molar refractivity (Wildman–Crippen MR) is 132 cm³/mol. The van der Waals surface area contributed by atoms with E-state index in [1.807, 2.05) is 18.2 Å². The number of benzene rings is 3. The van der Waals surface area contributed by atoms with Crippen molar-refractivity contribution in [2.45, 2.75) is 17.7 Å². The third-order valence-corrected chi connectivity index (χ3v) is 6.45. The van der Waals surface area contributed by atoms with Crippen molar-refractivity contribution in [1.29, 1.82) is 0 Å². The maximum Gasteiger partial charge on any atom is 0.323 e. The minimum atomic E-state index is -0.681. The van der Waals surface area contributed by atoms with Crippen molar-refractivity contribution in [3.8, 4) is 0 Å². The Kier molecular flexibility index (Phi) is 7.44. The van der Waals surface area contributed by atoms with E-state index in [0.717, 1.165) is 5.56 Å². The molecule has 3 aromatic rings. The second kappa shape index (κ2) is 10.8. The third-order valence-electron chi connectivity index (χ3n) is 5.14. The summed E-state index contributed by atoms with van der Waals surface area (Å²) in [5.41, 5.74) is 2.52. The van der Waals surface area contributed by atoms with E-state index in [1.165, 1.54) is 23.9 Å². The van der Waals surface area contributed by atoms with Gasteiger partial charge in [0.1, 0.15) is 11.9 Å². The van der Waals surface area contributed by atoms with Gasteiger partial charge in [0.2, 0.25) is 11.8 Å². The molecule has 3 aromatic carbocycles. The Bertz CT molecular complexity index is 1170. The summed E-state index contributed by atoms with van der Waals surface area (Å²) in [6, 6.07) is 20.8. The summed E-state index contributed by atoms with van der Waals surface area (Å²) in [6.45, 7) is 0. The molecule has 174 valence electrons. The van der Waals surface area contributed by atoms with E-state index < -0.39 is 12.1 Å². The quantitative estimate of drug-likeness (QED) is 0.426. The zero-order chi connectivity index (χ0) is 23.9. The number of amides is 4. The summed E-state index contributed by atoms with van der Waals surface area (Å²) in [4.78, 5) is 37.4. The van der Waals surface area contributed by atoms with Crippen molar-refractivity contribution in [3.05, 3.63) is 90.2 Å². The first kappa shape index (κ1) is 23.3. The monoisotopic (exact) mass is 478 g/mol. The number of thioether (sulfide) groups is 1. The van der Waals surface area contributed by atoms with Gasteiger partial charge in [-0.1, -0.05) is 36.4 Å². The Labute approximate surface area is 200 Å². The fourth-order valence-electron chi connectivity index (χ4n) is 3.44. The molecule has 1 aliphatic rings. The number of nitrogens with one attached hydrogen (secondary N) is 4. The van der Waals surface area contributed by atoms with Crippen LogP contribution in [0.15, 0.2) is 78.9 Å². The molecule has 0 spiro atoms. The zero-order valence-corrected chi connectivity index (χ0v) is 18.9. The molecular weight excluding hydrogens is 455 g/mol. The van der Waals surface area contributed by atoms with Crippen LogP contribution in [-0.4, -0.2) is 34.9 Å². The molecule has 1 aliphatic heterocycles. The molecule has 4 rings (SSSR count). The van der Waals surface area contributed by atoms with Crippen LogP contribution in [-0.2, 0) is 16.0 Å². The van der Waals surface area contributed by atoms with E-state index >= 15 is 0 Å². The molecule has 2 unspecified atom stereocenters. The Morgan fingerprint density at radius 1 is 0.882 bits per heavy atom. The maximum atomic E-state index is 13.1. The Morgan fingerprint density at radius 3 is 2.24 bits per heavy atom. The molecule has 1 fully saturated rings. The summed E-state index contributed by atoms with van der Waals surface area (Å²) >= 11 is 1.40. The van der Waals surface area contributed by atoms with Crippen molar-refractivity contribution in [2.24, 2.45) is 0 Å². The van der Waals surface area contributed by atoms with Gasteiger partial charge in [0.05, 0.1) is 5.25 Å². The lowest BCUT2D eigenvalue weighted by atomic mass is 10.1. The van der Waals surface area contributed by atoms with Crippen molar-refractivity contribution in [1.82, 2.24) is 5.32 Å². The number of hydrogen-bond acceptors (Lipinski definition) is 4. The predicted octanol–water partition coefficient (Wildman–Crippen LogP) is 4.25. The van der Waals surface area contributed by atoms with E-state index in [1.54, 1.807) is 48.5 Å². The van der Waals surface area contributed by atoms with E-state index in [2.05, 4.69) is 21.3 Å². The van der Waals surface area contributed by atoms with Crippen LogP contribution in [0.2, 0.25) is 0 Å². The van der Waals surface area contributed by atoms with Gasteiger partial charge in [0, 0.05) is 22.8 Å². The lowest BCUT2D eigenvalue weighted by molar-refractivity contribution is -0.126. The summed E-state index contributed by atoms with van der Waals surface area (Å²) in [5, 5.41) is 10.7. The van der Waals surface area contributed by atoms with Gasteiger partial charge in [-0.15, -0.1) is 11.8 Å². The lowest BCUT2D eigenvalue weighted by Crippen LogP contribution is -2.52. The highest BCUT2D eigenvalue weighted by molar-refractivity contribution is 8.00. The SMILES string of the molecule is O=C(Nc1ccccc1)Nc1cccc(NC(=O)C2CSC(Cc3ccc(F)cc3)C(=O)N2)c1. The van der Waals surface area contributed by atoms with Crippen LogP contribution in [0.3, 0.4) is 0 Å². The highest BCUT2D eigenvalue weighted by Crippen LogP contribution is 2.23. The van der Waals surface area contributed by atoms with Crippen molar-refractivity contribution in [3.63, 3.8) is 0 Å². The standard InChI is InChI=1S/C25H23FN4O3S/c26-17-11-9-16(10-12-17)13-22-24(32)30-21(15-34-22)23(31)27-19-7-4-8-20(14-19)29-25(33)28-18-5-2-1-3-6-18/h1-12,14,21-22H,13,15H2,(H,27,31)(H,30,32)(H2,28,29,33). The number of anilines is 3. The van der Waals surface area contributed by atoms with Gasteiger partial charge < -0.3 is 21.3 Å². The molecule has 7 nitrogen and oxygen atoms in total. The van der Waals surface area contributed by atoms with Crippen molar-refractivity contribution < 1.29 is 18.8 Å². The maximum absolute atomic E-state index is 13.1. The second-order valence-corrected chi connectivity index (χ2v) is 8.96. The van der Waals surface area contributed by atoms with Gasteiger partial charge in [-0.05, 0) is 54.4 Å². The van der Waals surface area contributed by atoms with Crippen molar-refractivity contribution in [2.75, 3.05) is 21.7 Å². The molecule has 0 saturated carbocycles. The first-order valence-electron chi connectivity index (χ1n) is 10.7. The number of para-hydroxylation sites is 1. The van der Waals surface area contributed by atoms with Gasteiger partial charge in [-0.25, -0.2) is 9.18 Å². The van der Waals surface area contributed by atoms with Crippen LogP contribution < -0.4 is 21.3 Å². The molecule has 0 aliphatic carbocycles. The first-order chi connectivity index (χ1) is 16.5. The highest BCUT2D eigenvalue weighted by atomic mass is 32.2. The Balaban J connectivity index is 1.29. The summed E-state index contributed by atoms with van der Waals surface area (Å²) < 4.78 is 13.1. The van der Waals surface area contributed by atoms with Gasteiger partial charge in [0.15, 0.2) is 0 Å². The number of urea groups is 1. The Morgan fingerprint density at radius 2 is 1.53 bits per heavy atom. The smallest absolute Gasteiger partial charge is 0.323 e. The van der Waals surface area contributed by atoms with Crippen molar-refractivity contribution >= 4 is 46.7 Å². The van der Waals surface area contributed by atoms with Gasteiger partial charge in [0.25, 0.3) is 0 Å². The molecule has 2 atom stereocenters. The molecule has 0 radical (unpaired) electrons. The molecule has 1 heterocycles. The summed E-state index contributed by atoms with van der Waals surface area (Å²) in [7, 11) is 0. The molecule has 9 heteroatoms. The molecule has 4 N–H and O–H groups in total. The lowest BCUT2D eigenvalue weighted by Gasteiger charge is -2.28. The van der Waals surface area contributed by atoms with E-state index in [0.29, 0.717) is 29.2 Å². The average molecular weight is 479 g/mol. The van der Waals surface area contributed by atoms with E-state index in [4.69, 9.17) is 0 Å². The van der Waals surface area contributed by atoms with Crippen LogP contribution in [0.4, 0.5) is 26.2 Å². The number of hydrogen-bond donors (Lipinski definition) is 4. The highest BCUT2D eigenvalue weighted by Gasteiger charge is 2.32. The summed E-state index contributed by atoms with van der Waals surface area (Å²) in [5.74, 6) is -0.473. The van der Waals surface area contributed by atoms with Crippen LogP contribution >= 0.6 is 11.8 Å². The van der Waals surface area contributed by atoms with Crippen LogP contribution in [0.5, 0.6) is 0 Å². The first-order valence-corrected chi connectivity index (χ1v) is 11.7. The molecule has 4 amide bonds. The molecule has 1 saturated heterocycles. The fourth-order valence-corrected chi connectivity index (χ4v) is 4.63. The molecule has 0 aromatic heterocycles. The van der Waals surface area contributed by atoms with Gasteiger partial charge in [-0.2, -0.15) is 0 Å². The van der Waals surface area contributed by atoms with Crippen LogP contribution in [0.1, 0.15) is 5.56 Å². The minimum absolute atomic E-state index is 0.228. The second-order valence-electron chi connectivity index (χ2n) is 7.73. The van der Waals surface area contributed by atoms with Crippen LogP contribution in [0, 0.1) is 5.82 Å². The zero-order valence-electron chi connectivity index (χ0n) is 18.1. The summed E-state index contributed by atoms with van der Waals surface area (Å²) in [6.07, 6.45) is 0.462. The topological polar surface area (TPSA) is 99.3 Å².